The summed E-state index contributed by atoms with van der Waals surface area (Å²) in [5.74, 6) is 0.514. The molecule has 0 spiro atoms. The lowest BCUT2D eigenvalue weighted by Gasteiger charge is -2.14. The molecule has 0 fully saturated rings. The monoisotopic (exact) mass is 352 g/mol. The van der Waals surface area contributed by atoms with Gasteiger partial charge in [-0.2, -0.15) is 0 Å². The van der Waals surface area contributed by atoms with Gasteiger partial charge in [-0.3, -0.25) is 4.79 Å². The van der Waals surface area contributed by atoms with Crippen molar-refractivity contribution in [2.45, 2.75) is 13.0 Å². The molecule has 7 nitrogen and oxygen atoms in total. The van der Waals surface area contributed by atoms with Gasteiger partial charge >= 0.3 is 5.97 Å². The molecule has 0 aliphatic carbocycles. The zero-order valence-electron chi connectivity index (χ0n) is 14.6. The molecule has 0 saturated carbocycles. The number of phenolic OH excluding ortho intramolecular Hbond substituents is 1. The van der Waals surface area contributed by atoms with Crippen molar-refractivity contribution in [1.29, 1.82) is 0 Å². The number of aromatic hydroxyl groups is 1. The maximum Gasteiger partial charge on any atom is 0.324 e. The van der Waals surface area contributed by atoms with Crippen LogP contribution in [0, 0.1) is 6.92 Å². The highest BCUT2D eigenvalue weighted by atomic mass is 16.5. The molecular weight excluding hydrogens is 332 g/mol. The molecule has 0 saturated heterocycles. The largest absolute Gasteiger partial charge is 0.507 e. The van der Waals surface area contributed by atoms with Gasteiger partial charge in [0, 0.05) is 11.9 Å². The summed E-state index contributed by atoms with van der Waals surface area (Å²) in [5.41, 5.74) is 8.03. The molecule has 3 aromatic rings. The maximum absolute atomic E-state index is 11.5. The zero-order valence-corrected chi connectivity index (χ0v) is 14.6. The fourth-order valence-corrected chi connectivity index (χ4v) is 2.60. The van der Waals surface area contributed by atoms with Gasteiger partial charge in [0.05, 0.1) is 18.2 Å². The highest BCUT2D eigenvalue weighted by Crippen LogP contribution is 2.30. The second-order valence-corrected chi connectivity index (χ2v) is 5.94. The average Bonchev–Trinajstić information content (AvgIpc) is 2.66. The van der Waals surface area contributed by atoms with Crippen LogP contribution >= 0.6 is 0 Å². The number of methoxy groups -OCH3 is 1. The number of carbonyl (C=O) groups is 1. The Hall–Kier alpha value is -3.19. The van der Waals surface area contributed by atoms with Crippen LogP contribution in [-0.4, -0.2) is 40.7 Å². The number of nitrogens with two attached hydrogens (primary N) is 1. The second-order valence-electron chi connectivity index (χ2n) is 5.94. The van der Waals surface area contributed by atoms with E-state index in [1.807, 2.05) is 43.3 Å². The minimum absolute atomic E-state index is 0.100. The first-order valence-corrected chi connectivity index (χ1v) is 8.13. The number of esters is 1. The fraction of sp³-hybridized carbons (Fsp3) is 0.211. The molecule has 0 bridgehead atoms. The maximum atomic E-state index is 11.5. The summed E-state index contributed by atoms with van der Waals surface area (Å²) in [6.45, 7) is 2.09. The van der Waals surface area contributed by atoms with E-state index in [2.05, 4.69) is 20.0 Å². The molecule has 1 atom stereocenters. The van der Waals surface area contributed by atoms with Gasteiger partial charge in [0.25, 0.3) is 0 Å². The topological polar surface area (TPSA) is 110 Å². The van der Waals surface area contributed by atoms with Gasteiger partial charge in [-0.1, -0.05) is 23.8 Å². The SMILES string of the molecule is COC(=O)C(N)CNc1nc(-c2cc(C)ccc2O)nc2ccccc12. The third-order valence-electron chi connectivity index (χ3n) is 3.99. The van der Waals surface area contributed by atoms with E-state index in [1.165, 1.54) is 7.11 Å². The van der Waals surface area contributed by atoms with Gasteiger partial charge in [0.1, 0.15) is 17.6 Å². The van der Waals surface area contributed by atoms with Crippen molar-refractivity contribution in [2.24, 2.45) is 5.73 Å². The van der Waals surface area contributed by atoms with Gasteiger partial charge in [-0.05, 0) is 31.2 Å². The molecule has 1 heterocycles. The molecule has 0 aliphatic heterocycles. The Bertz CT molecular complexity index is 959. The van der Waals surface area contributed by atoms with Crippen molar-refractivity contribution in [1.82, 2.24) is 9.97 Å². The van der Waals surface area contributed by atoms with Crippen molar-refractivity contribution in [2.75, 3.05) is 19.0 Å². The van der Waals surface area contributed by atoms with Crippen LogP contribution in [0.2, 0.25) is 0 Å². The van der Waals surface area contributed by atoms with Gasteiger partial charge in [-0.25, -0.2) is 9.97 Å². The van der Waals surface area contributed by atoms with Crippen molar-refractivity contribution in [3.05, 3.63) is 48.0 Å². The molecule has 3 rings (SSSR count). The number of fused-ring (bicyclic) bond motifs is 1. The van der Waals surface area contributed by atoms with Crippen LogP contribution in [0.5, 0.6) is 5.75 Å². The van der Waals surface area contributed by atoms with Crippen LogP contribution < -0.4 is 11.1 Å². The smallest absolute Gasteiger partial charge is 0.324 e. The molecule has 2 aromatic carbocycles. The standard InChI is InChI=1S/C19H20N4O3/c1-11-7-8-16(24)13(9-11)18-22-15-6-4-3-5-12(15)17(23-18)21-10-14(20)19(25)26-2/h3-9,14,24H,10,20H2,1-2H3,(H,21,22,23). The molecule has 0 radical (unpaired) electrons. The summed E-state index contributed by atoms with van der Waals surface area (Å²) in [7, 11) is 1.29. The number of nitrogens with zero attached hydrogens (tertiary/aromatic N) is 2. The Balaban J connectivity index is 2.04. The summed E-state index contributed by atoms with van der Waals surface area (Å²) in [4.78, 5) is 20.6. The predicted molar refractivity (Wildman–Crippen MR) is 99.9 cm³/mol. The minimum atomic E-state index is -0.815. The third-order valence-corrected chi connectivity index (χ3v) is 3.99. The van der Waals surface area contributed by atoms with Crippen LogP contribution in [0.15, 0.2) is 42.5 Å². The van der Waals surface area contributed by atoms with E-state index in [-0.39, 0.29) is 12.3 Å². The van der Waals surface area contributed by atoms with E-state index < -0.39 is 12.0 Å². The molecule has 0 amide bonds. The summed E-state index contributed by atoms with van der Waals surface area (Å²) < 4.78 is 4.64. The lowest BCUT2D eigenvalue weighted by Crippen LogP contribution is -2.38. The number of aryl methyl sites for hydroxylation is 1. The van der Waals surface area contributed by atoms with Crippen molar-refractivity contribution >= 4 is 22.7 Å². The van der Waals surface area contributed by atoms with Crippen LogP contribution in [0.3, 0.4) is 0 Å². The zero-order chi connectivity index (χ0) is 18.7. The normalized spacial score (nSPS) is 12.0. The minimum Gasteiger partial charge on any atom is -0.507 e. The lowest BCUT2D eigenvalue weighted by atomic mass is 10.1. The van der Waals surface area contributed by atoms with E-state index >= 15 is 0 Å². The van der Waals surface area contributed by atoms with E-state index in [0.29, 0.717) is 22.7 Å². The van der Waals surface area contributed by atoms with Gasteiger partial charge in [0.15, 0.2) is 5.82 Å². The number of ether oxygens (including phenoxy) is 1. The summed E-state index contributed by atoms with van der Waals surface area (Å²) in [6, 6.07) is 11.9. The molecule has 134 valence electrons. The summed E-state index contributed by atoms with van der Waals surface area (Å²) >= 11 is 0. The van der Waals surface area contributed by atoms with Crippen LogP contribution in [0.4, 0.5) is 5.82 Å². The highest BCUT2D eigenvalue weighted by Gasteiger charge is 2.16. The molecule has 1 aromatic heterocycles. The number of hydrogen-bond acceptors (Lipinski definition) is 7. The Labute approximate surface area is 150 Å². The van der Waals surface area contributed by atoms with Gasteiger partial charge < -0.3 is 20.9 Å². The Morgan fingerprint density at radius 2 is 2.04 bits per heavy atom. The lowest BCUT2D eigenvalue weighted by molar-refractivity contribution is -0.141. The van der Waals surface area contributed by atoms with Crippen LogP contribution in [-0.2, 0) is 9.53 Å². The van der Waals surface area contributed by atoms with Crippen molar-refractivity contribution < 1.29 is 14.6 Å². The fourth-order valence-electron chi connectivity index (χ4n) is 2.60. The number of phenols is 1. The van der Waals surface area contributed by atoms with Crippen LogP contribution in [0.1, 0.15) is 5.56 Å². The van der Waals surface area contributed by atoms with Gasteiger partial charge in [0.2, 0.25) is 0 Å². The summed E-state index contributed by atoms with van der Waals surface area (Å²) in [5, 5.41) is 14.1. The Kier molecular flexibility index (Phi) is 4.99. The molecule has 7 heteroatoms. The number of nitrogens with one attached hydrogen (secondary N) is 1. The first-order valence-electron chi connectivity index (χ1n) is 8.13. The summed E-state index contributed by atoms with van der Waals surface area (Å²) in [6.07, 6.45) is 0. The molecule has 1 unspecified atom stereocenters. The van der Waals surface area contributed by atoms with E-state index in [0.717, 1.165) is 10.9 Å². The number of rotatable bonds is 5. The quantitative estimate of drug-likeness (QED) is 0.604. The Morgan fingerprint density at radius 3 is 2.81 bits per heavy atom. The van der Waals surface area contributed by atoms with Crippen molar-refractivity contribution in [3.8, 4) is 17.1 Å². The number of anilines is 1. The molecule has 4 N–H and O–H groups in total. The molecule has 26 heavy (non-hydrogen) atoms. The number of carbonyl (C=O) groups excluding carboxylic acids is 1. The van der Waals surface area contributed by atoms with E-state index in [1.54, 1.807) is 6.07 Å². The first-order chi connectivity index (χ1) is 12.5. The van der Waals surface area contributed by atoms with Gasteiger partial charge in [-0.15, -0.1) is 0 Å². The highest BCUT2D eigenvalue weighted by molar-refractivity contribution is 5.91. The van der Waals surface area contributed by atoms with E-state index in [4.69, 9.17) is 5.73 Å². The molecule has 0 aliphatic rings. The Morgan fingerprint density at radius 1 is 1.27 bits per heavy atom. The average molecular weight is 352 g/mol. The van der Waals surface area contributed by atoms with Crippen LogP contribution in [0.25, 0.3) is 22.3 Å². The number of benzene rings is 2. The second kappa shape index (κ2) is 7.37. The third kappa shape index (κ3) is 3.57. The number of hydrogen-bond donors (Lipinski definition) is 3. The predicted octanol–water partition coefficient (Wildman–Crippen LogP) is 2.22. The number of aromatic nitrogens is 2. The first kappa shape index (κ1) is 17.6. The number of para-hydroxylation sites is 1. The molecular formula is C19H20N4O3. The van der Waals surface area contributed by atoms with E-state index in [9.17, 15) is 9.90 Å². The van der Waals surface area contributed by atoms with Crippen molar-refractivity contribution in [3.63, 3.8) is 0 Å².